The van der Waals surface area contributed by atoms with Gasteiger partial charge in [0.2, 0.25) is 5.91 Å². The molecule has 1 atom stereocenters. The van der Waals surface area contributed by atoms with Gasteiger partial charge in [-0.15, -0.1) is 11.3 Å². The van der Waals surface area contributed by atoms with Crippen molar-refractivity contribution in [2.45, 2.75) is 45.4 Å². The third-order valence-electron chi connectivity index (χ3n) is 5.11. The van der Waals surface area contributed by atoms with Gasteiger partial charge >= 0.3 is 0 Å². The van der Waals surface area contributed by atoms with Crippen molar-refractivity contribution in [1.29, 1.82) is 5.26 Å². The second-order valence-corrected chi connectivity index (χ2v) is 7.84. The Morgan fingerprint density at radius 1 is 1.38 bits per heavy atom. The number of fused-ring (bicyclic) bond motifs is 1. The van der Waals surface area contributed by atoms with Crippen molar-refractivity contribution in [3.63, 3.8) is 0 Å². The summed E-state index contributed by atoms with van der Waals surface area (Å²) in [6.45, 7) is 2.22. The minimum Gasteiger partial charge on any atom is -0.497 e. The van der Waals surface area contributed by atoms with Crippen molar-refractivity contribution >= 4 is 22.2 Å². The van der Waals surface area contributed by atoms with Gasteiger partial charge in [-0.05, 0) is 54.9 Å². The summed E-state index contributed by atoms with van der Waals surface area (Å²) in [5.41, 5.74) is 2.93. The maximum absolute atomic E-state index is 12.4. The maximum atomic E-state index is 12.4. The topological polar surface area (TPSA) is 62.1 Å². The molecule has 0 bridgehead atoms. The van der Waals surface area contributed by atoms with Gasteiger partial charge in [0.15, 0.2) is 0 Å². The number of carbonyl (C=O) groups is 1. The third kappa shape index (κ3) is 4.08. The molecule has 0 fully saturated rings. The summed E-state index contributed by atoms with van der Waals surface area (Å²) in [7, 11) is 1.64. The number of hydrogen-bond donors (Lipinski definition) is 1. The van der Waals surface area contributed by atoms with Crippen LogP contribution < -0.4 is 10.1 Å². The summed E-state index contributed by atoms with van der Waals surface area (Å²) in [4.78, 5) is 13.7. The van der Waals surface area contributed by atoms with Crippen LogP contribution in [0, 0.1) is 17.2 Å². The van der Waals surface area contributed by atoms with E-state index in [1.807, 2.05) is 24.3 Å². The Bertz CT molecular complexity index is 818. The van der Waals surface area contributed by atoms with Crippen molar-refractivity contribution in [1.82, 2.24) is 0 Å². The number of carbonyl (C=O) groups excluding carboxylic acids is 1. The number of rotatable bonds is 6. The molecular weight excluding hydrogens is 344 g/mol. The van der Waals surface area contributed by atoms with E-state index in [4.69, 9.17) is 4.74 Å². The van der Waals surface area contributed by atoms with Crippen LogP contribution in [0.1, 0.15) is 47.8 Å². The monoisotopic (exact) mass is 368 g/mol. The van der Waals surface area contributed by atoms with Crippen molar-refractivity contribution < 1.29 is 9.53 Å². The molecule has 1 amide bonds. The number of nitriles is 1. The standard InChI is InChI=1S/C21H24N2O2S/c1-3-14-6-10-17-18(13-22)21(26-19(17)12-14)23-20(24)11-7-15-4-8-16(25-2)9-5-15/h4-5,8-9,14H,3,6-7,10-12H2,1-2H3,(H,23,24)/t14-/m0/s1. The van der Waals surface area contributed by atoms with Gasteiger partial charge < -0.3 is 10.1 Å². The van der Waals surface area contributed by atoms with Crippen LogP contribution in [0.4, 0.5) is 5.00 Å². The van der Waals surface area contributed by atoms with Crippen molar-refractivity contribution in [2.75, 3.05) is 12.4 Å². The molecule has 0 spiro atoms. The highest BCUT2D eigenvalue weighted by Crippen LogP contribution is 2.40. The van der Waals surface area contributed by atoms with Gasteiger partial charge in [0.1, 0.15) is 16.8 Å². The molecule has 0 saturated carbocycles. The van der Waals surface area contributed by atoms with E-state index in [2.05, 4.69) is 18.3 Å². The molecule has 1 aromatic heterocycles. The molecule has 4 nitrogen and oxygen atoms in total. The minimum atomic E-state index is -0.0389. The van der Waals surface area contributed by atoms with Gasteiger partial charge in [-0.2, -0.15) is 5.26 Å². The summed E-state index contributed by atoms with van der Waals surface area (Å²) in [5.74, 6) is 1.47. The van der Waals surface area contributed by atoms with Gasteiger partial charge in [-0.25, -0.2) is 0 Å². The second kappa shape index (κ2) is 8.37. The van der Waals surface area contributed by atoms with Crippen LogP contribution in [0.5, 0.6) is 5.75 Å². The number of nitrogens with zero attached hydrogens (tertiary/aromatic N) is 1. The molecule has 0 unspecified atom stereocenters. The molecule has 26 heavy (non-hydrogen) atoms. The van der Waals surface area contributed by atoms with Gasteiger partial charge in [-0.3, -0.25) is 4.79 Å². The Hall–Kier alpha value is -2.32. The largest absolute Gasteiger partial charge is 0.497 e. The summed E-state index contributed by atoms with van der Waals surface area (Å²) >= 11 is 1.59. The van der Waals surface area contributed by atoms with Gasteiger partial charge in [0, 0.05) is 11.3 Å². The predicted molar refractivity (Wildman–Crippen MR) is 105 cm³/mol. The second-order valence-electron chi connectivity index (χ2n) is 6.73. The number of benzene rings is 1. The highest BCUT2D eigenvalue weighted by atomic mass is 32.1. The lowest BCUT2D eigenvalue weighted by atomic mass is 9.86. The van der Waals surface area contributed by atoms with Gasteiger partial charge in [0.05, 0.1) is 12.7 Å². The van der Waals surface area contributed by atoms with Crippen LogP contribution in [0.25, 0.3) is 0 Å². The molecule has 2 aromatic rings. The quantitative estimate of drug-likeness (QED) is 0.803. The highest BCUT2D eigenvalue weighted by molar-refractivity contribution is 7.16. The average Bonchev–Trinajstić information content (AvgIpc) is 3.02. The zero-order valence-corrected chi connectivity index (χ0v) is 16.1. The molecule has 1 aliphatic carbocycles. The van der Waals surface area contributed by atoms with Crippen LogP contribution >= 0.6 is 11.3 Å². The first-order valence-corrected chi connectivity index (χ1v) is 9.93. The fraction of sp³-hybridized carbons (Fsp3) is 0.429. The Kier molecular flexibility index (Phi) is 5.95. The molecule has 1 aliphatic rings. The lowest BCUT2D eigenvalue weighted by Gasteiger charge is -2.20. The van der Waals surface area contributed by atoms with E-state index in [1.54, 1.807) is 18.4 Å². The zero-order chi connectivity index (χ0) is 18.5. The van der Waals surface area contributed by atoms with Crippen LogP contribution in [0.15, 0.2) is 24.3 Å². The molecule has 136 valence electrons. The minimum absolute atomic E-state index is 0.0389. The van der Waals surface area contributed by atoms with E-state index in [0.29, 0.717) is 24.3 Å². The molecule has 0 radical (unpaired) electrons. The average molecular weight is 369 g/mol. The lowest BCUT2D eigenvalue weighted by molar-refractivity contribution is -0.116. The summed E-state index contributed by atoms with van der Waals surface area (Å²) in [6.07, 6.45) is 5.36. The first kappa shape index (κ1) is 18.5. The fourth-order valence-corrected chi connectivity index (χ4v) is 4.78. The van der Waals surface area contributed by atoms with Crippen molar-refractivity contribution in [2.24, 2.45) is 5.92 Å². The Labute approximate surface area is 158 Å². The first-order chi connectivity index (χ1) is 12.6. The van der Waals surface area contributed by atoms with E-state index in [1.165, 1.54) is 11.3 Å². The van der Waals surface area contributed by atoms with E-state index < -0.39 is 0 Å². The molecule has 5 heteroatoms. The Balaban J connectivity index is 1.64. The Morgan fingerprint density at radius 3 is 2.81 bits per heavy atom. The zero-order valence-electron chi connectivity index (χ0n) is 15.3. The molecule has 0 saturated heterocycles. The van der Waals surface area contributed by atoms with Crippen molar-refractivity contribution in [3.05, 3.63) is 45.8 Å². The van der Waals surface area contributed by atoms with Crippen LogP contribution in [-0.4, -0.2) is 13.0 Å². The predicted octanol–water partition coefficient (Wildman–Crippen LogP) is 4.71. The van der Waals surface area contributed by atoms with Gasteiger partial charge in [-0.1, -0.05) is 25.5 Å². The van der Waals surface area contributed by atoms with E-state index in [0.717, 1.165) is 41.1 Å². The van der Waals surface area contributed by atoms with Crippen molar-refractivity contribution in [3.8, 4) is 11.8 Å². The molecule has 1 aromatic carbocycles. The number of amides is 1. The number of ether oxygens (including phenoxy) is 1. The lowest BCUT2D eigenvalue weighted by Crippen LogP contribution is -2.13. The smallest absolute Gasteiger partial charge is 0.225 e. The van der Waals surface area contributed by atoms with Crippen LogP contribution in [0.2, 0.25) is 0 Å². The fourth-order valence-electron chi connectivity index (χ4n) is 3.45. The van der Waals surface area contributed by atoms with Crippen LogP contribution in [-0.2, 0) is 24.1 Å². The van der Waals surface area contributed by atoms with E-state index in [-0.39, 0.29) is 5.91 Å². The molecule has 1 N–H and O–H groups in total. The first-order valence-electron chi connectivity index (χ1n) is 9.12. The summed E-state index contributed by atoms with van der Waals surface area (Å²) < 4.78 is 5.15. The van der Waals surface area contributed by atoms with Gasteiger partial charge in [0.25, 0.3) is 0 Å². The molecule has 1 heterocycles. The number of thiophene rings is 1. The normalized spacial score (nSPS) is 15.8. The highest BCUT2D eigenvalue weighted by Gasteiger charge is 2.25. The SMILES string of the molecule is CC[C@H]1CCc2c(sc(NC(=O)CCc3ccc(OC)cc3)c2C#N)C1. The third-order valence-corrected chi connectivity index (χ3v) is 6.28. The number of anilines is 1. The summed E-state index contributed by atoms with van der Waals surface area (Å²) in [6, 6.07) is 10.1. The molecule has 3 rings (SSSR count). The maximum Gasteiger partial charge on any atom is 0.225 e. The Morgan fingerprint density at radius 2 is 2.15 bits per heavy atom. The van der Waals surface area contributed by atoms with Crippen LogP contribution in [0.3, 0.4) is 0 Å². The summed E-state index contributed by atoms with van der Waals surface area (Å²) in [5, 5.41) is 13.3. The van der Waals surface area contributed by atoms with E-state index in [9.17, 15) is 10.1 Å². The number of hydrogen-bond acceptors (Lipinski definition) is 4. The van der Waals surface area contributed by atoms with E-state index >= 15 is 0 Å². The number of nitrogens with one attached hydrogen (secondary N) is 1. The molecular formula is C21H24N2O2S. The number of aryl methyl sites for hydroxylation is 1. The number of methoxy groups -OCH3 is 1. The molecule has 0 aliphatic heterocycles.